The van der Waals surface area contributed by atoms with Crippen molar-refractivity contribution in [2.45, 2.75) is 24.6 Å². The van der Waals surface area contributed by atoms with Crippen LogP contribution in [0, 0.1) is 0 Å². The minimum Gasteiger partial charge on any atom is -0.351 e. The summed E-state index contributed by atoms with van der Waals surface area (Å²) in [5.41, 5.74) is 1.14. The third-order valence-electron chi connectivity index (χ3n) is 3.50. The zero-order valence-electron chi connectivity index (χ0n) is 12.6. The fourth-order valence-electron chi connectivity index (χ4n) is 2.25. The summed E-state index contributed by atoms with van der Waals surface area (Å²) in [5.74, 6) is 0.913. The standard InChI is InChI=1S/C16H21NO3S2/c1-13(16(18)17-15-9-11-22(19,20)12-15)21-10-5-8-14-6-3-2-4-7-14/h2-8,13,15H,9-12H2,1H3,(H,17,18)/b8-5+. The molecule has 1 saturated heterocycles. The molecule has 2 atom stereocenters. The van der Waals surface area contributed by atoms with Crippen LogP contribution in [0.25, 0.3) is 6.08 Å². The second-order valence-corrected chi connectivity index (χ2v) is 9.00. The maximum atomic E-state index is 12.0. The average molecular weight is 339 g/mol. The highest BCUT2D eigenvalue weighted by molar-refractivity contribution is 8.00. The Balaban J connectivity index is 1.72. The molecule has 0 spiro atoms. The van der Waals surface area contributed by atoms with Crippen molar-refractivity contribution in [3.8, 4) is 0 Å². The van der Waals surface area contributed by atoms with E-state index in [4.69, 9.17) is 0 Å². The van der Waals surface area contributed by atoms with Crippen molar-refractivity contribution >= 4 is 33.6 Å². The van der Waals surface area contributed by atoms with E-state index < -0.39 is 9.84 Å². The van der Waals surface area contributed by atoms with Crippen molar-refractivity contribution < 1.29 is 13.2 Å². The topological polar surface area (TPSA) is 63.2 Å². The third kappa shape index (κ3) is 5.50. The van der Waals surface area contributed by atoms with Crippen molar-refractivity contribution in [3.63, 3.8) is 0 Å². The quantitative estimate of drug-likeness (QED) is 0.862. The summed E-state index contributed by atoms with van der Waals surface area (Å²) in [6.45, 7) is 1.85. The maximum Gasteiger partial charge on any atom is 0.233 e. The van der Waals surface area contributed by atoms with E-state index in [-0.39, 0.29) is 28.7 Å². The molecule has 0 bridgehead atoms. The van der Waals surface area contributed by atoms with Gasteiger partial charge in [-0.3, -0.25) is 4.79 Å². The van der Waals surface area contributed by atoms with Crippen LogP contribution in [0.15, 0.2) is 36.4 Å². The van der Waals surface area contributed by atoms with Crippen LogP contribution in [0.5, 0.6) is 0 Å². The van der Waals surface area contributed by atoms with Crippen molar-refractivity contribution in [2.24, 2.45) is 0 Å². The second-order valence-electron chi connectivity index (χ2n) is 5.40. The van der Waals surface area contributed by atoms with E-state index >= 15 is 0 Å². The molecular formula is C16H21NO3S2. The molecule has 6 heteroatoms. The van der Waals surface area contributed by atoms with Gasteiger partial charge in [-0.05, 0) is 18.9 Å². The Bertz CT molecular complexity index is 626. The number of sulfone groups is 1. The molecule has 2 rings (SSSR count). The van der Waals surface area contributed by atoms with Crippen LogP contribution in [-0.4, -0.2) is 42.9 Å². The van der Waals surface area contributed by atoms with Crippen LogP contribution in [0.2, 0.25) is 0 Å². The number of rotatable bonds is 6. The number of amides is 1. The second kappa shape index (κ2) is 7.83. The molecule has 22 heavy (non-hydrogen) atoms. The van der Waals surface area contributed by atoms with Gasteiger partial charge in [-0.2, -0.15) is 0 Å². The summed E-state index contributed by atoms with van der Waals surface area (Å²) in [4.78, 5) is 12.0. The van der Waals surface area contributed by atoms with Crippen molar-refractivity contribution in [1.29, 1.82) is 0 Å². The molecule has 1 fully saturated rings. The molecule has 0 saturated carbocycles. The van der Waals surface area contributed by atoms with Crippen LogP contribution in [-0.2, 0) is 14.6 Å². The zero-order chi connectivity index (χ0) is 16.0. The predicted molar refractivity (Wildman–Crippen MR) is 92.6 cm³/mol. The molecular weight excluding hydrogens is 318 g/mol. The van der Waals surface area contributed by atoms with Gasteiger partial charge in [-0.15, -0.1) is 11.8 Å². The minimum absolute atomic E-state index is 0.0734. The van der Waals surface area contributed by atoms with Crippen LogP contribution in [0.4, 0.5) is 0 Å². The molecule has 2 unspecified atom stereocenters. The SMILES string of the molecule is CC(SC/C=C/c1ccccc1)C(=O)NC1CCS(=O)(=O)C1. The Hall–Kier alpha value is -1.27. The van der Waals surface area contributed by atoms with Crippen molar-refractivity contribution in [3.05, 3.63) is 42.0 Å². The smallest absolute Gasteiger partial charge is 0.233 e. The largest absolute Gasteiger partial charge is 0.351 e. The molecule has 0 aromatic heterocycles. The number of carbonyl (C=O) groups is 1. The molecule has 1 aliphatic heterocycles. The van der Waals surface area contributed by atoms with Gasteiger partial charge in [0.2, 0.25) is 5.91 Å². The number of nitrogens with one attached hydrogen (secondary N) is 1. The first-order chi connectivity index (χ1) is 10.5. The summed E-state index contributed by atoms with van der Waals surface area (Å²) >= 11 is 1.54. The molecule has 1 aromatic carbocycles. The highest BCUT2D eigenvalue weighted by atomic mass is 32.2. The monoisotopic (exact) mass is 339 g/mol. The van der Waals surface area contributed by atoms with Crippen LogP contribution < -0.4 is 5.32 Å². The number of thioether (sulfide) groups is 1. The molecule has 0 aliphatic carbocycles. The predicted octanol–water partition coefficient (Wildman–Crippen LogP) is 2.12. The summed E-state index contributed by atoms with van der Waals surface area (Å²) in [6.07, 6.45) is 4.59. The van der Waals surface area contributed by atoms with E-state index in [1.807, 2.05) is 49.4 Å². The molecule has 0 radical (unpaired) electrons. The molecule has 1 aliphatic rings. The van der Waals surface area contributed by atoms with E-state index in [1.54, 1.807) is 0 Å². The number of hydrogen-bond donors (Lipinski definition) is 1. The summed E-state index contributed by atoms with van der Waals surface area (Å²) < 4.78 is 22.7. The first-order valence-electron chi connectivity index (χ1n) is 7.30. The molecule has 1 aromatic rings. The first kappa shape index (κ1) is 17.1. The minimum atomic E-state index is -2.95. The van der Waals surface area contributed by atoms with Gasteiger partial charge in [-0.25, -0.2) is 8.42 Å². The van der Waals surface area contributed by atoms with Crippen LogP contribution in [0.3, 0.4) is 0 Å². The van der Waals surface area contributed by atoms with E-state index in [9.17, 15) is 13.2 Å². The number of carbonyl (C=O) groups excluding carboxylic acids is 1. The Labute approximate surface area is 136 Å². The van der Waals surface area contributed by atoms with E-state index in [1.165, 1.54) is 11.8 Å². The third-order valence-corrected chi connectivity index (χ3v) is 6.37. The fraction of sp³-hybridized carbons (Fsp3) is 0.438. The van der Waals surface area contributed by atoms with Gasteiger partial charge in [0.05, 0.1) is 16.8 Å². The highest BCUT2D eigenvalue weighted by Gasteiger charge is 2.29. The van der Waals surface area contributed by atoms with Gasteiger partial charge in [0.1, 0.15) is 0 Å². The zero-order valence-corrected chi connectivity index (χ0v) is 14.2. The van der Waals surface area contributed by atoms with Gasteiger partial charge in [-0.1, -0.05) is 42.5 Å². The van der Waals surface area contributed by atoms with E-state index in [0.29, 0.717) is 6.42 Å². The van der Waals surface area contributed by atoms with Crippen LogP contribution >= 0.6 is 11.8 Å². The molecule has 1 N–H and O–H groups in total. The Morgan fingerprint density at radius 3 is 2.77 bits per heavy atom. The lowest BCUT2D eigenvalue weighted by molar-refractivity contribution is -0.120. The lowest BCUT2D eigenvalue weighted by Crippen LogP contribution is -2.40. The van der Waals surface area contributed by atoms with Gasteiger partial charge < -0.3 is 5.32 Å². The average Bonchev–Trinajstić information content (AvgIpc) is 2.83. The Morgan fingerprint density at radius 2 is 2.14 bits per heavy atom. The highest BCUT2D eigenvalue weighted by Crippen LogP contribution is 2.15. The normalized spacial score (nSPS) is 21.8. The van der Waals surface area contributed by atoms with Gasteiger partial charge in [0, 0.05) is 11.8 Å². The van der Waals surface area contributed by atoms with Crippen molar-refractivity contribution in [1.82, 2.24) is 5.32 Å². The van der Waals surface area contributed by atoms with Gasteiger partial charge in [0.15, 0.2) is 9.84 Å². The Morgan fingerprint density at radius 1 is 1.41 bits per heavy atom. The number of hydrogen-bond acceptors (Lipinski definition) is 4. The summed E-state index contributed by atoms with van der Waals surface area (Å²) in [5, 5.41) is 2.64. The Kier molecular flexibility index (Phi) is 6.08. The van der Waals surface area contributed by atoms with E-state index in [2.05, 4.69) is 5.32 Å². The van der Waals surface area contributed by atoms with Crippen molar-refractivity contribution in [2.75, 3.05) is 17.3 Å². The maximum absolute atomic E-state index is 12.0. The number of benzene rings is 1. The van der Waals surface area contributed by atoms with Crippen LogP contribution in [0.1, 0.15) is 18.9 Å². The molecule has 1 heterocycles. The molecule has 120 valence electrons. The van der Waals surface area contributed by atoms with Gasteiger partial charge in [0.25, 0.3) is 0 Å². The summed E-state index contributed by atoms with van der Waals surface area (Å²) in [7, 11) is -2.95. The first-order valence-corrected chi connectivity index (χ1v) is 10.2. The molecule has 4 nitrogen and oxygen atoms in total. The lowest BCUT2D eigenvalue weighted by Gasteiger charge is -2.15. The lowest BCUT2D eigenvalue weighted by atomic mass is 10.2. The van der Waals surface area contributed by atoms with E-state index in [0.717, 1.165) is 11.3 Å². The molecule has 1 amide bonds. The van der Waals surface area contributed by atoms with Gasteiger partial charge >= 0.3 is 0 Å². The fourth-order valence-corrected chi connectivity index (χ4v) is 4.64. The summed E-state index contributed by atoms with van der Waals surface area (Å²) in [6, 6.07) is 9.77.